The Morgan fingerprint density at radius 3 is 2.55 bits per heavy atom. The molecule has 0 aliphatic carbocycles. The van der Waals surface area contributed by atoms with E-state index in [0.717, 1.165) is 17.0 Å². The van der Waals surface area contributed by atoms with E-state index in [1.807, 2.05) is 52.0 Å². The van der Waals surface area contributed by atoms with Crippen molar-refractivity contribution in [1.29, 1.82) is 0 Å². The molecule has 0 aliphatic heterocycles. The van der Waals surface area contributed by atoms with Gasteiger partial charge in [0, 0.05) is 17.3 Å². The molecular weight excluding hydrogens is 302 g/mol. The molecule has 2 aromatic rings. The number of carbonyl (C=O) groups is 1. The lowest BCUT2D eigenvalue weighted by Crippen LogP contribution is -2.34. The number of aryl methyl sites for hydroxylation is 2. The van der Waals surface area contributed by atoms with Crippen molar-refractivity contribution in [3.05, 3.63) is 35.7 Å². The number of nitrogens with zero attached hydrogens (tertiary/aromatic N) is 1. The molecule has 120 valence electrons. The lowest BCUT2D eigenvalue weighted by atomic mass is 10.0. The van der Waals surface area contributed by atoms with E-state index in [1.54, 1.807) is 0 Å². The second-order valence-electron chi connectivity index (χ2n) is 5.38. The Balaban J connectivity index is 0.00000242. The Morgan fingerprint density at radius 2 is 2.00 bits per heavy atom. The van der Waals surface area contributed by atoms with E-state index < -0.39 is 0 Å². The molecule has 0 saturated carbocycles. The number of rotatable bonds is 4. The summed E-state index contributed by atoms with van der Waals surface area (Å²) in [5.41, 5.74) is 8.15. The first-order chi connectivity index (χ1) is 9.88. The van der Waals surface area contributed by atoms with Gasteiger partial charge >= 0.3 is 0 Å². The summed E-state index contributed by atoms with van der Waals surface area (Å²) >= 11 is 0. The first kappa shape index (κ1) is 18.2. The highest BCUT2D eigenvalue weighted by Gasteiger charge is 2.17. The molecule has 3 N–H and O–H groups in total. The molecule has 0 aliphatic rings. The number of hydrogen-bond acceptors (Lipinski definition) is 4. The summed E-state index contributed by atoms with van der Waals surface area (Å²) in [4.78, 5) is 16.4. The van der Waals surface area contributed by atoms with E-state index in [2.05, 4.69) is 10.3 Å². The average molecular weight is 324 g/mol. The van der Waals surface area contributed by atoms with Crippen LogP contribution in [0.15, 0.2) is 28.7 Å². The average Bonchev–Trinajstić information content (AvgIpc) is 2.78. The molecule has 0 spiro atoms. The Labute approximate surface area is 136 Å². The van der Waals surface area contributed by atoms with Crippen LogP contribution in [0.2, 0.25) is 0 Å². The van der Waals surface area contributed by atoms with E-state index in [4.69, 9.17) is 10.2 Å². The standard InChI is InChI=1S/C16H21N3O2.ClH/c1-9(10(2)17)15(20)19-14-7-5-6-13(8-14)16-18-11(3)12(4)21-16;/h5-10H,17H2,1-4H3,(H,19,20);1H. The van der Waals surface area contributed by atoms with Crippen molar-refractivity contribution in [3.8, 4) is 11.5 Å². The maximum absolute atomic E-state index is 12.0. The fraction of sp³-hybridized carbons (Fsp3) is 0.375. The zero-order valence-corrected chi connectivity index (χ0v) is 14.0. The summed E-state index contributed by atoms with van der Waals surface area (Å²) in [6.07, 6.45) is 0. The van der Waals surface area contributed by atoms with Crippen molar-refractivity contribution in [2.45, 2.75) is 33.7 Å². The lowest BCUT2D eigenvalue weighted by molar-refractivity contribution is -0.119. The van der Waals surface area contributed by atoms with Crippen LogP contribution in [0, 0.1) is 19.8 Å². The van der Waals surface area contributed by atoms with Crippen LogP contribution in [0.25, 0.3) is 11.5 Å². The van der Waals surface area contributed by atoms with Crippen molar-refractivity contribution >= 4 is 24.0 Å². The van der Waals surface area contributed by atoms with Crippen LogP contribution >= 0.6 is 12.4 Å². The number of anilines is 1. The molecule has 0 saturated heterocycles. The zero-order valence-electron chi connectivity index (χ0n) is 13.2. The van der Waals surface area contributed by atoms with Gasteiger partial charge in [0.2, 0.25) is 11.8 Å². The topological polar surface area (TPSA) is 81.2 Å². The van der Waals surface area contributed by atoms with Gasteiger partial charge in [-0.15, -0.1) is 12.4 Å². The van der Waals surface area contributed by atoms with Gasteiger partial charge in [0.1, 0.15) is 5.76 Å². The summed E-state index contributed by atoms with van der Waals surface area (Å²) in [7, 11) is 0. The number of amides is 1. The number of halogens is 1. The molecule has 5 nitrogen and oxygen atoms in total. The Morgan fingerprint density at radius 1 is 1.32 bits per heavy atom. The van der Waals surface area contributed by atoms with Crippen molar-refractivity contribution < 1.29 is 9.21 Å². The number of aromatic nitrogens is 1. The largest absolute Gasteiger partial charge is 0.441 e. The van der Waals surface area contributed by atoms with Crippen molar-refractivity contribution in [3.63, 3.8) is 0 Å². The maximum Gasteiger partial charge on any atom is 0.228 e. The smallest absolute Gasteiger partial charge is 0.228 e. The molecule has 0 radical (unpaired) electrons. The summed E-state index contributed by atoms with van der Waals surface area (Å²) in [6, 6.07) is 7.24. The highest BCUT2D eigenvalue weighted by molar-refractivity contribution is 5.93. The molecule has 6 heteroatoms. The molecule has 1 amide bonds. The molecule has 2 rings (SSSR count). The Kier molecular flexibility index (Phi) is 6.14. The highest BCUT2D eigenvalue weighted by atomic mass is 35.5. The summed E-state index contributed by atoms with van der Waals surface area (Å²) in [5, 5.41) is 2.87. The van der Waals surface area contributed by atoms with E-state index in [0.29, 0.717) is 11.6 Å². The van der Waals surface area contributed by atoms with E-state index in [1.165, 1.54) is 0 Å². The van der Waals surface area contributed by atoms with Crippen molar-refractivity contribution in [2.75, 3.05) is 5.32 Å². The minimum atomic E-state index is -0.250. The molecule has 1 aromatic carbocycles. The van der Waals surface area contributed by atoms with Crippen LogP contribution in [-0.4, -0.2) is 16.9 Å². The summed E-state index contributed by atoms with van der Waals surface area (Å²) < 4.78 is 5.60. The number of hydrogen-bond donors (Lipinski definition) is 2. The molecule has 2 unspecified atom stereocenters. The van der Waals surface area contributed by atoms with Gasteiger partial charge in [-0.1, -0.05) is 13.0 Å². The third-order valence-electron chi connectivity index (χ3n) is 3.61. The number of benzene rings is 1. The molecule has 22 heavy (non-hydrogen) atoms. The minimum Gasteiger partial charge on any atom is -0.441 e. The third-order valence-corrected chi connectivity index (χ3v) is 3.61. The van der Waals surface area contributed by atoms with Crippen LogP contribution in [0.4, 0.5) is 5.69 Å². The normalized spacial score (nSPS) is 13.1. The van der Waals surface area contributed by atoms with Crippen molar-refractivity contribution in [2.24, 2.45) is 11.7 Å². The molecule has 0 bridgehead atoms. The quantitative estimate of drug-likeness (QED) is 0.904. The van der Waals surface area contributed by atoms with Gasteiger partial charge in [0.15, 0.2) is 0 Å². The van der Waals surface area contributed by atoms with Gasteiger partial charge in [-0.05, 0) is 39.0 Å². The maximum atomic E-state index is 12.0. The zero-order chi connectivity index (χ0) is 15.6. The van der Waals surface area contributed by atoms with E-state index in [-0.39, 0.29) is 30.3 Å². The van der Waals surface area contributed by atoms with Gasteiger partial charge in [0.05, 0.1) is 11.6 Å². The highest BCUT2D eigenvalue weighted by Crippen LogP contribution is 2.24. The second kappa shape index (κ2) is 7.42. The molecule has 1 aromatic heterocycles. The predicted octanol–water partition coefficient (Wildman–Crippen LogP) is 3.30. The monoisotopic (exact) mass is 323 g/mol. The van der Waals surface area contributed by atoms with Gasteiger partial charge < -0.3 is 15.5 Å². The number of oxazole rings is 1. The number of carbonyl (C=O) groups excluding carboxylic acids is 1. The number of nitrogens with two attached hydrogens (primary N) is 1. The SMILES string of the molecule is Cc1nc(-c2cccc(NC(=O)C(C)C(C)N)c2)oc1C.Cl. The Hall–Kier alpha value is -1.85. The summed E-state index contributed by atoms with van der Waals surface area (Å²) in [5.74, 6) is 1.01. The van der Waals surface area contributed by atoms with Crippen LogP contribution < -0.4 is 11.1 Å². The fourth-order valence-electron chi connectivity index (χ4n) is 1.82. The minimum absolute atomic E-state index is 0. The third kappa shape index (κ3) is 4.08. The van der Waals surface area contributed by atoms with Gasteiger partial charge in [-0.25, -0.2) is 4.98 Å². The van der Waals surface area contributed by atoms with Crippen LogP contribution in [0.5, 0.6) is 0 Å². The Bertz CT molecular complexity index is 633. The summed E-state index contributed by atoms with van der Waals surface area (Å²) in [6.45, 7) is 7.41. The molecule has 2 atom stereocenters. The fourth-order valence-corrected chi connectivity index (χ4v) is 1.82. The molecular formula is C16H22ClN3O2. The predicted molar refractivity (Wildman–Crippen MR) is 90.1 cm³/mol. The van der Waals surface area contributed by atoms with E-state index >= 15 is 0 Å². The molecule has 1 heterocycles. The van der Waals surface area contributed by atoms with Gasteiger partial charge in [0.25, 0.3) is 0 Å². The van der Waals surface area contributed by atoms with Crippen LogP contribution in [0.3, 0.4) is 0 Å². The van der Waals surface area contributed by atoms with E-state index in [9.17, 15) is 4.79 Å². The van der Waals surface area contributed by atoms with Gasteiger partial charge in [-0.3, -0.25) is 4.79 Å². The molecule has 0 fully saturated rings. The first-order valence-corrected chi connectivity index (χ1v) is 6.99. The van der Waals surface area contributed by atoms with Gasteiger partial charge in [-0.2, -0.15) is 0 Å². The number of nitrogens with one attached hydrogen (secondary N) is 1. The second-order valence-corrected chi connectivity index (χ2v) is 5.38. The van der Waals surface area contributed by atoms with Crippen LogP contribution in [-0.2, 0) is 4.79 Å². The first-order valence-electron chi connectivity index (χ1n) is 6.99. The lowest BCUT2D eigenvalue weighted by Gasteiger charge is -2.15. The van der Waals surface area contributed by atoms with Crippen LogP contribution in [0.1, 0.15) is 25.3 Å². The van der Waals surface area contributed by atoms with Crippen molar-refractivity contribution in [1.82, 2.24) is 4.98 Å².